The van der Waals surface area contributed by atoms with Crippen LogP contribution in [-0.4, -0.2) is 23.9 Å². The highest BCUT2D eigenvalue weighted by Crippen LogP contribution is 2.31. The van der Waals surface area contributed by atoms with Crippen molar-refractivity contribution in [2.24, 2.45) is 0 Å². The molecule has 24 heavy (non-hydrogen) atoms. The number of benzene rings is 1. The quantitative estimate of drug-likeness (QED) is 0.470. The van der Waals surface area contributed by atoms with Gasteiger partial charge in [0.2, 0.25) is 5.76 Å². The van der Waals surface area contributed by atoms with E-state index in [2.05, 4.69) is 4.74 Å². The van der Waals surface area contributed by atoms with Crippen LogP contribution in [0.4, 0.5) is 13.2 Å². The Morgan fingerprint density at radius 1 is 1.42 bits per heavy atom. The maximum Gasteiger partial charge on any atom is 0.420 e. The molecule has 0 bridgehead atoms. The first-order valence-corrected chi connectivity index (χ1v) is 6.78. The number of hydrogen-bond donors (Lipinski definition) is 1. The van der Waals surface area contributed by atoms with Gasteiger partial charge in [0.25, 0.3) is 0 Å². The highest BCUT2D eigenvalue weighted by molar-refractivity contribution is 6.30. The number of carbonyl (C=O) groups is 1. The topological polar surface area (TPSA) is 79.5 Å². The lowest BCUT2D eigenvalue weighted by Gasteiger charge is -2.13. The Bertz CT molecular complexity index is 720. The molecule has 0 saturated heterocycles. The molecule has 0 amide bonds. The molecule has 0 saturated carbocycles. The van der Waals surface area contributed by atoms with E-state index in [1.807, 2.05) is 0 Å². The van der Waals surface area contributed by atoms with E-state index in [1.165, 1.54) is 6.07 Å². The minimum absolute atomic E-state index is 0.000607. The summed E-state index contributed by atoms with van der Waals surface area (Å²) in [5.41, 5.74) is -1.55. The monoisotopic (exact) mass is 361 g/mol. The van der Waals surface area contributed by atoms with Gasteiger partial charge in [-0.15, -0.1) is 0 Å². The number of alkyl halides is 3. The fourth-order valence-electron chi connectivity index (χ4n) is 1.53. The van der Waals surface area contributed by atoms with Gasteiger partial charge in [0.05, 0.1) is 24.5 Å². The second-order valence-electron chi connectivity index (χ2n) is 4.19. The third-order valence-electron chi connectivity index (χ3n) is 2.46. The van der Waals surface area contributed by atoms with Crippen molar-refractivity contribution in [3.63, 3.8) is 0 Å². The van der Waals surface area contributed by atoms with E-state index in [9.17, 15) is 18.0 Å². The second-order valence-corrected chi connectivity index (χ2v) is 4.63. The molecule has 5 nitrogen and oxygen atoms in total. The van der Waals surface area contributed by atoms with Gasteiger partial charge in [-0.2, -0.15) is 18.4 Å². The van der Waals surface area contributed by atoms with Crippen LogP contribution in [0.25, 0.3) is 0 Å². The number of nitriles is 1. The molecule has 1 rings (SSSR count). The number of carboxylic acid groups (broad SMARTS) is 1. The summed E-state index contributed by atoms with van der Waals surface area (Å²) < 4.78 is 48.8. The Labute approximate surface area is 140 Å². The Balaban J connectivity index is 3.40. The van der Waals surface area contributed by atoms with Crippen LogP contribution in [0.15, 0.2) is 41.9 Å². The molecule has 0 atom stereocenters. The first-order chi connectivity index (χ1) is 11.2. The van der Waals surface area contributed by atoms with Crippen LogP contribution < -0.4 is 4.74 Å². The summed E-state index contributed by atoms with van der Waals surface area (Å²) in [5.74, 6) is -3.63. The summed E-state index contributed by atoms with van der Waals surface area (Å²) in [6.45, 7) is 1.65. The molecule has 1 N–H and O–H groups in total. The Morgan fingerprint density at radius 3 is 2.58 bits per heavy atom. The predicted molar refractivity (Wildman–Crippen MR) is 78.3 cm³/mol. The van der Waals surface area contributed by atoms with E-state index >= 15 is 0 Å². The number of ether oxygens (including phenoxy) is 2. The van der Waals surface area contributed by atoms with Crippen molar-refractivity contribution in [1.29, 1.82) is 5.26 Å². The van der Waals surface area contributed by atoms with Gasteiger partial charge in [0.1, 0.15) is 11.3 Å². The highest BCUT2D eigenvalue weighted by Gasteiger charge is 2.38. The van der Waals surface area contributed by atoms with Crippen LogP contribution in [-0.2, 0) is 9.53 Å². The fourth-order valence-corrected chi connectivity index (χ4v) is 1.75. The van der Waals surface area contributed by atoms with E-state index in [0.29, 0.717) is 12.3 Å². The van der Waals surface area contributed by atoms with E-state index in [-0.39, 0.29) is 22.9 Å². The zero-order valence-corrected chi connectivity index (χ0v) is 13.0. The van der Waals surface area contributed by atoms with E-state index in [0.717, 1.165) is 12.1 Å². The number of allylic oxidation sites excluding steroid dienone is 2. The minimum Gasteiger partial charge on any atom is -0.501 e. The first kappa shape index (κ1) is 19.4. The van der Waals surface area contributed by atoms with Gasteiger partial charge in [-0.3, -0.25) is 0 Å². The van der Waals surface area contributed by atoms with Crippen molar-refractivity contribution in [2.75, 3.05) is 6.61 Å². The molecule has 0 unspecified atom stereocenters. The van der Waals surface area contributed by atoms with Gasteiger partial charge in [-0.1, -0.05) is 11.6 Å². The van der Waals surface area contributed by atoms with Crippen LogP contribution >= 0.6 is 11.6 Å². The fraction of sp³-hybridized carbons (Fsp3) is 0.200. The predicted octanol–water partition coefficient (Wildman–Crippen LogP) is 4.04. The van der Waals surface area contributed by atoms with Crippen molar-refractivity contribution < 1.29 is 32.5 Å². The molecule has 0 aliphatic rings. The SMILES string of the molecule is CCO/C=C\C(=C(/Oc1cc(Cl)cc(C#N)c1)C(=O)O)C(F)(F)F. The minimum atomic E-state index is -5.00. The molecule has 0 aliphatic carbocycles. The largest absolute Gasteiger partial charge is 0.501 e. The summed E-state index contributed by atoms with van der Waals surface area (Å²) in [6, 6.07) is 5.13. The standard InChI is InChI=1S/C15H11ClF3NO4/c1-2-23-4-3-12(15(17,18)19)13(14(21)22)24-11-6-9(8-20)5-10(16)7-11/h3-7H,2H2,1H3,(H,21,22)/b4-3-,13-12+. The van der Waals surface area contributed by atoms with Crippen molar-refractivity contribution in [1.82, 2.24) is 0 Å². The number of halogens is 4. The molecule has 0 fully saturated rings. The zero-order chi connectivity index (χ0) is 18.3. The van der Waals surface area contributed by atoms with Crippen molar-refractivity contribution in [2.45, 2.75) is 13.1 Å². The van der Waals surface area contributed by atoms with Crippen LogP contribution in [0.1, 0.15) is 12.5 Å². The smallest absolute Gasteiger partial charge is 0.420 e. The Morgan fingerprint density at radius 2 is 2.08 bits per heavy atom. The van der Waals surface area contributed by atoms with Gasteiger partial charge in [-0.25, -0.2) is 4.79 Å². The maximum absolute atomic E-state index is 13.1. The summed E-state index contributed by atoms with van der Waals surface area (Å²) >= 11 is 5.71. The molecule has 128 valence electrons. The lowest BCUT2D eigenvalue weighted by molar-refractivity contribution is -0.136. The molecule has 0 heterocycles. The molecule has 0 aromatic heterocycles. The molecule has 0 spiro atoms. The maximum atomic E-state index is 13.1. The lowest BCUT2D eigenvalue weighted by atomic mass is 10.2. The molecular weight excluding hydrogens is 351 g/mol. The molecular formula is C15H11ClF3NO4. The summed E-state index contributed by atoms with van der Waals surface area (Å²) in [5, 5.41) is 17.9. The molecule has 9 heteroatoms. The molecule has 1 aromatic carbocycles. The van der Waals surface area contributed by atoms with Crippen molar-refractivity contribution >= 4 is 17.6 Å². The van der Waals surface area contributed by atoms with E-state index in [1.54, 1.807) is 13.0 Å². The summed E-state index contributed by atoms with van der Waals surface area (Å²) in [6.07, 6.45) is -3.84. The van der Waals surface area contributed by atoms with Gasteiger partial charge >= 0.3 is 12.1 Å². The highest BCUT2D eigenvalue weighted by atomic mass is 35.5. The van der Waals surface area contributed by atoms with Crippen LogP contribution in [0.5, 0.6) is 5.75 Å². The molecule has 0 aliphatic heterocycles. The normalized spacial score (nSPS) is 12.5. The molecule has 1 aromatic rings. The van der Waals surface area contributed by atoms with Crippen LogP contribution in [0.3, 0.4) is 0 Å². The second kappa shape index (κ2) is 8.26. The Kier molecular flexibility index (Phi) is 6.68. The van der Waals surface area contributed by atoms with Crippen LogP contribution in [0, 0.1) is 11.3 Å². The van der Waals surface area contributed by atoms with Gasteiger partial charge in [0.15, 0.2) is 0 Å². The summed E-state index contributed by atoms with van der Waals surface area (Å²) in [7, 11) is 0. The number of carboxylic acids is 1. The van der Waals surface area contributed by atoms with Gasteiger partial charge in [-0.05, 0) is 31.2 Å². The third kappa shape index (κ3) is 5.52. The van der Waals surface area contributed by atoms with E-state index in [4.69, 9.17) is 26.7 Å². The zero-order valence-electron chi connectivity index (χ0n) is 12.2. The first-order valence-electron chi connectivity index (χ1n) is 6.40. The number of nitrogens with zero attached hydrogens (tertiary/aromatic N) is 1. The van der Waals surface area contributed by atoms with Gasteiger partial charge < -0.3 is 14.6 Å². The third-order valence-corrected chi connectivity index (χ3v) is 2.68. The summed E-state index contributed by atoms with van der Waals surface area (Å²) in [4.78, 5) is 11.2. The number of rotatable bonds is 6. The van der Waals surface area contributed by atoms with E-state index < -0.39 is 23.5 Å². The van der Waals surface area contributed by atoms with Crippen LogP contribution in [0.2, 0.25) is 5.02 Å². The average molecular weight is 362 g/mol. The number of hydrogen-bond acceptors (Lipinski definition) is 4. The van der Waals surface area contributed by atoms with Gasteiger partial charge in [0, 0.05) is 5.02 Å². The lowest BCUT2D eigenvalue weighted by Crippen LogP contribution is -2.20. The Hall–Kier alpha value is -2.66. The van der Waals surface area contributed by atoms with Crippen molar-refractivity contribution in [3.05, 3.63) is 52.5 Å². The number of aliphatic carboxylic acids is 1. The average Bonchev–Trinajstić information content (AvgIpc) is 2.48. The molecule has 0 radical (unpaired) electrons. The van der Waals surface area contributed by atoms with Crippen molar-refractivity contribution in [3.8, 4) is 11.8 Å².